The van der Waals surface area contributed by atoms with Crippen molar-refractivity contribution in [3.8, 4) is 22.8 Å². The SMILES string of the molecule is COc1ccc(F)c(C(=O)Nc2nc(-c3ccccc3)cs2)c1OC. The molecule has 7 heteroatoms. The van der Waals surface area contributed by atoms with E-state index >= 15 is 0 Å². The first kappa shape index (κ1) is 16.9. The summed E-state index contributed by atoms with van der Waals surface area (Å²) in [7, 11) is 2.77. The van der Waals surface area contributed by atoms with Crippen molar-refractivity contribution in [1.82, 2.24) is 4.98 Å². The van der Waals surface area contributed by atoms with Gasteiger partial charge in [0.2, 0.25) is 0 Å². The highest BCUT2D eigenvalue weighted by Gasteiger charge is 2.22. The number of thiazole rings is 1. The fourth-order valence-electron chi connectivity index (χ4n) is 2.35. The second kappa shape index (κ2) is 7.31. The molecule has 0 fully saturated rings. The molecule has 3 rings (SSSR count). The molecule has 0 atom stereocenters. The van der Waals surface area contributed by atoms with E-state index in [0.29, 0.717) is 5.13 Å². The summed E-state index contributed by atoms with van der Waals surface area (Å²) >= 11 is 1.26. The average Bonchev–Trinajstić information content (AvgIpc) is 3.10. The highest BCUT2D eigenvalue weighted by molar-refractivity contribution is 7.14. The second-order valence-corrected chi connectivity index (χ2v) is 5.87. The van der Waals surface area contributed by atoms with E-state index in [4.69, 9.17) is 9.47 Å². The maximum absolute atomic E-state index is 14.2. The monoisotopic (exact) mass is 358 g/mol. The van der Waals surface area contributed by atoms with Gasteiger partial charge < -0.3 is 9.47 Å². The molecular weight excluding hydrogens is 343 g/mol. The van der Waals surface area contributed by atoms with Gasteiger partial charge >= 0.3 is 0 Å². The third kappa shape index (κ3) is 3.46. The summed E-state index contributed by atoms with van der Waals surface area (Å²) in [6, 6.07) is 12.1. The minimum absolute atomic E-state index is 0.0415. The summed E-state index contributed by atoms with van der Waals surface area (Å²) < 4.78 is 24.4. The average molecular weight is 358 g/mol. The van der Waals surface area contributed by atoms with Crippen LogP contribution in [-0.4, -0.2) is 25.1 Å². The van der Waals surface area contributed by atoms with Crippen LogP contribution < -0.4 is 14.8 Å². The van der Waals surface area contributed by atoms with E-state index < -0.39 is 11.7 Å². The summed E-state index contributed by atoms with van der Waals surface area (Å²) in [4.78, 5) is 16.9. The molecule has 0 aliphatic heterocycles. The van der Waals surface area contributed by atoms with Crippen LogP contribution in [0.3, 0.4) is 0 Å². The first-order valence-corrected chi connectivity index (χ1v) is 8.24. The maximum atomic E-state index is 14.2. The Morgan fingerprint density at radius 1 is 1.12 bits per heavy atom. The van der Waals surface area contributed by atoms with Crippen molar-refractivity contribution in [2.45, 2.75) is 0 Å². The largest absolute Gasteiger partial charge is 0.493 e. The summed E-state index contributed by atoms with van der Waals surface area (Å²) in [5.74, 6) is -1.03. The topological polar surface area (TPSA) is 60.5 Å². The molecule has 0 bridgehead atoms. The molecule has 0 radical (unpaired) electrons. The fourth-order valence-corrected chi connectivity index (χ4v) is 3.06. The lowest BCUT2D eigenvalue weighted by molar-refractivity contribution is 0.101. The van der Waals surface area contributed by atoms with Gasteiger partial charge in [-0.1, -0.05) is 30.3 Å². The van der Waals surface area contributed by atoms with Crippen LogP contribution in [-0.2, 0) is 0 Å². The minimum Gasteiger partial charge on any atom is -0.493 e. The number of nitrogens with zero attached hydrogens (tertiary/aromatic N) is 1. The van der Waals surface area contributed by atoms with Gasteiger partial charge in [0.15, 0.2) is 16.6 Å². The number of anilines is 1. The van der Waals surface area contributed by atoms with Gasteiger partial charge in [0.25, 0.3) is 5.91 Å². The predicted molar refractivity (Wildman–Crippen MR) is 95.0 cm³/mol. The highest BCUT2D eigenvalue weighted by atomic mass is 32.1. The van der Waals surface area contributed by atoms with Crippen molar-refractivity contribution in [2.75, 3.05) is 19.5 Å². The van der Waals surface area contributed by atoms with Crippen LogP contribution in [0.4, 0.5) is 9.52 Å². The Labute approximate surface area is 148 Å². The normalized spacial score (nSPS) is 10.4. The van der Waals surface area contributed by atoms with Crippen molar-refractivity contribution in [2.24, 2.45) is 0 Å². The number of hydrogen-bond acceptors (Lipinski definition) is 5. The molecule has 1 N–H and O–H groups in total. The number of methoxy groups -OCH3 is 2. The number of benzene rings is 2. The summed E-state index contributed by atoms with van der Waals surface area (Å²) in [5.41, 5.74) is 1.45. The lowest BCUT2D eigenvalue weighted by atomic mass is 10.1. The Balaban J connectivity index is 1.88. The van der Waals surface area contributed by atoms with Crippen LogP contribution in [0.25, 0.3) is 11.3 Å². The van der Waals surface area contributed by atoms with Crippen molar-refractivity contribution < 1.29 is 18.7 Å². The van der Waals surface area contributed by atoms with Crippen LogP contribution >= 0.6 is 11.3 Å². The summed E-state index contributed by atoms with van der Waals surface area (Å²) in [5, 5.41) is 4.80. The van der Waals surface area contributed by atoms with Gasteiger partial charge in [0.1, 0.15) is 11.4 Å². The van der Waals surface area contributed by atoms with Crippen LogP contribution in [0.2, 0.25) is 0 Å². The number of nitrogens with one attached hydrogen (secondary N) is 1. The molecule has 1 heterocycles. The van der Waals surface area contributed by atoms with E-state index in [9.17, 15) is 9.18 Å². The van der Waals surface area contributed by atoms with Gasteiger partial charge in [0, 0.05) is 10.9 Å². The van der Waals surface area contributed by atoms with E-state index in [-0.39, 0.29) is 17.1 Å². The zero-order valence-corrected chi connectivity index (χ0v) is 14.4. The Hall–Kier alpha value is -2.93. The molecule has 1 aromatic heterocycles. The molecule has 128 valence electrons. The molecule has 0 unspecified atom stereocenters. The molecule has 0 saturated heterocycles. The van der Waals surface area contributed by atoms with Gasteiger partial charge in [-0.3, -0.25) is 10.1 Å². The van der Waals surface area contributed by atoms with E-state index in [0.717, 1.165) is 17.3 Å². The summed E-state index contributed by atoms with van der Waals surface area (Å²) in [6.45, 7) is 0. The number of ether oxygens (including phenoxy) is 2. The number of carbonyl (C=O) groups is 1. The molecular formula is C18H15FN2O3S. The molecule has 25 heavy (non-hydrogen) atoms. The molecule has 0 aliphatic carbocycles. The van der Waals surface area contributed by atoms with Gasteiger partial charge in [-0.2, -0.15) is 0 Å². The third-order valence-electron chi connectivity index (χ3n) is 3.52. The minimum atomic E-state index is -0.699. The zero-order valence-electron chi connectivity index (χ0n) is 13.6. The van der Waals surface area contributed by atoms with E-state index in [2.05, 4.69) is 10.3 Å². The second-order valence-electron chi connectivity index (χ2n) is 5.02. The number of rotatable bonds is 5. The van der Waals surface area contributed by atoms with Crippen LogP contribution in [0, 0.1) is 5.82 Å². The lowest BCUT2D eigenvalue weighted by Gasteiger charge is -2.12. The maximum Gasteiger partial charge on any atom is 0.264 e. The quantitative estimate of drug-likeness (QED) is 0.742. The van der Waals surface area contributed by atoms with Crippen molar-refractivity contribution in [3.05, 3.63) is 59.2 Å². The number of amides is 1. The smallest absolute Gasteiger partial charge is 0.264 e. The van der Waals surface area contributed by atoms with Crippen molar-refractivity contribution in [3.63, 3.8) is 0 Å². The molecule has 5 nitrogen and oxygen atoms in total. The fraction of sp³-hybridized carbons (Fsp3) is 0.111. The van der Waals surface area contributed by atoms with Crippen LogP contribution in [0.15, 0.2) is 47.8 Å². The van der Waals surface area contributed by atoms with Gasteiger partial charge in [-0.05, 0) is 12.1 Å². The van der Waals surface area contributed by atoms with Crippen LogP contribution in [0.1, 0.15) is 10.4 Å². The molecule has 0 saturated carbocycles. The Morgan fingerprint density at radius 3 is 2.56 bits per heavy atom. The number of carbonyl (C=O) groups excluding carboxylic acids is 1. The lowest BCUT2D eigenvalue weighted by Crippen LogP contribution is -2.15. The predicted octanol–water partition coefficient (Wildman–Crippen LogP) is 4.22. The summed E-state index contributed by atoms with van der Waals surface area (Å²) in [6.07, 6.45) is 0. The number of aromatic nitrogens is 1. The number of hydrogen-bond donors (Lipinski definition) is 1. The van der Waals surface area contributed by atoms with E-state index in [1.807, 2.05) is 35.7 Å². The van der Waals surface area contributed by atoms with Crippen molar-refractivity contribution >= 4 is 22.4 Å². The van der Waals surface area contributed by atoms with Crippen molar-refractivity contribution in [1.29, 1.82) is 0 Å². The zero-order chi connectivity index (χ0) is 17.8. The molecule has 2 aromatic carbocycles. The molecule has 1 amide bonds. The Kier molecular flexibility index (Phi) is 4.95. The molecule has 0 spiro atoms. The first-order valence-electron chi connectivity index (χ1n) is 7.36. The van der Waals surface area contributed by atoms with Crippen LogP contribution in [0.5, 0.6) is 11.5 Å². The van der Waals surface area contributed by atoms with Gasteiger partial charge in [0.05, 0.1) is 19.9 Å². The van der Waals surface area contributed by atoms with E-state index in [1.165, 1.54) is 31.6 Å². The molecule has 0 aliphatic rings. The Bertz CT molecular complexity index is 897. The Morgan fingerprint density at radius 2 is 1.88 bits per heavy atom. The van der Waals surface area contributed by atoms with Gasteiger partial charge in [-0.25, -0.2) is 9.37 Å². The van der Waals surface area contributed by atoms with E-state index in [1.54, 1.807) is 0 Å². The molecule has 3 aromatic rings. The standard InChI is InChI=1S/C18H15FN2O3S/c1-23-14-9-8-12(19)15(16(14)24-2)17(22)21-18-20-13(10-25-18)11-6-4-3-5-7-11/h3-10H,1-2H3,(H,20,21,22). The third-order valence-corrected chi connectivity index (χ3v) is 4.27. The first-order chi connectivity index (χ1) is 12.1. The van der Waals surface area contributed by atoms with Gasteiger partial charge in [-0.15, -0.1) is 11.3 Å². The highest BCUT2D eigenvalue weighted by Crippen LogP contribution is 2.34. The number of halogens is 1.